The van der Waals surface area contributed by atoms with Gasteiger partial charge in [0, 0.05) is 6.21 Å². The number of aromatic hydroxyl groups is 1. The Morgan fingerprint density at radius 3 is 2.50 bits per heavy atom. The van der Waals surface area contributed by atoms with Gasteiger partial charge in [-0.15, -0.1) is 0 Å². The minimum absolute atomic E-state index is 0.0180. The monoisotopic (exact) mass is 291 g/mol. The number of ether oxygens (including phenoxy) is 1. The van der Waals surface area contributed by atoms with Crippen molar-refractivity contribution in [2.45, 2.75) is 4.90 Å². The highest BCUT2D eigenvalue weighted by Crippen LogP contribution is 2.25. The molecule has 104 valence electrons. The van der Waals surface area contributed by atoms with Crippen LogP contribution < -0.4 is 4.74 Å². The third kappa shape index (κ3) is 3.16. The Balaban J connectivity index is 2.30. The van der Waals surface area contributed by atoms with Gasteiger partial charge in [-0.2, -0.15) is 12.8 Å². The summed E-state index contributed by atoms with van der Waals surface area (Å²) in [4.78, 5) is 0.127. The Bertz CT molecular complexity index is 724. The van der Waals surface area contributed by atoms with Gasteiger partial charge < -0.3 is 9.84 Å². The fraction of sp³-hybridized carbons (Fsp3) is 0.0714. The zero-order valence-corrected chi connectivity index (χ0v) is 11.5. The summed E-state index contributed by atoms with van der Waals surface area (Å²) in [5, 5.41) is 9.45. The second kappa shape index (κ2) is 5.75. The van der Waals surface area contributed by atoms with Crippen molar-refractivity contribution >= 4 is 16.2 Å². The predicted molar refractivity (Wildman–Crippen MR) is 75.9 cm³/mol. The van der Waals surface area contributed by atoms with Gasteiger partial charge in [-0.05, 0) is 35.9 Å². The molecule has 0 heterocycles. The average Bonchev–Trinajstić information content (AvgIpc) is 2.47. The summed E-state index contributed by atoms with van der Waals surface area (Å²) in [5.41, 5.74) is 0.513. The van der Waals surface area contributed by atoms with E-state index in [-0.39, 0.29) is 16.4 Å². The molecule has 6 heteroatoms. The maximum atomic E-state index is 11.9. The van der Waals surface area contributed by atoms with Crippen molar-refractivity contribution in [3.8, 4) is 11.5 Å². The Kier molecular flexibility index (Phi) is 4.05. The van der Waals surface area contributed by atoms with Crippen LogP contribution in [0.3, 0.4) is 0 Å². The maximum Gasteiger partial charge on any atom is 0.282 e. The number of hydrogen-bond acceptors (Lipinski definition) is 4. The topological polar surface area (TPSA) is 76.0 Å². The molecule has 0 aromatic heterocycles. The first-order chi connectivity index (χ1) is 9.53. The van der Waals surface area contributed by atoms with Gasteiger partial charge in [0.25, 0.3) is 10.0 Å². The average molecular weight is 291 g/mol. The zero-order chi connectivity index (χ0) is 14.6. The molecule has 0 aliphatic rings. The van der Waals surface area contributed by atoms with E-state index in [0.717, 1.165) is 0 Å². The van der Waals surface area contributed by atoms with Crippen molar-refractivity contribution in [1.29, 1.82) is 0 Å². The summed E-state index contributed by atoms with van der Waals surface area (Å²) in [6, 6.07) is 12.4. The lowest BCUT2D eigenvalue weighted by Crippen LogP contribution is -1.97. The molecule has 0 radical (unpaired) electrons. The normalized spacial score (nSPS) is 11.7. The molecule has 0 fully saturated rings. The van der Waals surface area contributed by atoms with E-state index in [2.05, 4.69) is 4.40 Å². The molecule has 0 bridgehead atoms. The van der Waals surface area contributed by atoms with Gasteiger partial charge in [-0.1, -0.05) is 18.2 Å². The summed E-state index contributed by atoms with van der Waals surface area (Å²) < 4.78 is 32.4. The van der Waals surface area contributed by atoms with Crippen LogP contribution in [0.4, 0.5) is 0 Å². The van der Waals surface area contributed by atoms with E-state index in [4.69, 9.17) is 4.74 Å². The van der Waals surface area contributed by atoms with Gasteiger partial charge in [0.1, 0.15) is 0 Å². The van der Waals surface area contributed by atoms with Crippen LogP contribution in [0.25, 0.3) is 0 Å². The molecule has 5 nitrogen and oxygen atoms in total. The van der Waals surface area contributed by atoms with Crippen molar-refractivity contribution in [2.24, 2.45) is 4.40 Å². The third-order valence-electron chi connectivity index (χ3n) is 2.59. The molecule has 0 saturated heterocycles. The Morgan fingerprint density at radius 1 is 1.15 bits per heavy atom. The summed E-state index contributed by atoms with van der Waals surface area (Å²) in [6.45, 7) is 0. The first kappa shape index (κ1) is 14.1. The van der Waals surface area contributed by atoms with Crippen LogP contribution in [-0.4, -0.2) is 26.8 Å². The van der Waals surface area contributed by atoms with E-state index in [1.807, 2.05) is 0 Å². The first-order valence-corrected chi connectivity index (χ1v) is 7.19. The number of rotatable bonds is 4. The third-order valence-corrected chi connectivity index (χ3v) is 3.84. The summed E-state index contributed by atoms with van der Waals surface area (Å²) >= 11 is 0. The quantitative estimate of drug-likeness (QED) is 0.876. The number of methoxy groups -OCH3 is 1. The second-order valence-corrected chi connectivity index (χ2v) is 5.59. The van der Waals surface area contributed by atoms with Crippen LogP contribution in [0.15, 0.2) is 57.8 Å². The van der Waals surface area contributed by atoms with Crippen LogP contribution >= 0.6 is 0 Å². The van der Waals surface area contributed by atoms with Gasteiger partial charge >= 0.3 is 0 Å². The van der Waals surface area contributed by atoms with Crippen molar-refractivity contribution in [2.75, 3.05) is 7.11 Å². The van der Waals surface area contributed by atoms with Crippen molar-refractivity contribution in [1.82, 2.24) is 0 Å². The number of phenols is 1. The van der Waals surface area contributed by atoms with Crippen LogP contribution in [0, 0.1) is 0 Å². The smallest absolute Gasteiger partial charge is 0.282 e. The largest absolute Gasteiger partial charge is 0.504 e. The summed E-state index contributed by atoms with van der Waals surface area (Å²) in [7, 11) is -2.31. The molecule has 2 rings (SSSR count). The highest BCUT2D eigenvalue weighted by molar-refractivity contribution is 7.90. The highest BCUT2D eigenvalue weighted by atomic mass is 32.2. The van der Waals surface area contributed by atoms with Crippen molar-refractivity contribution in [3.05, 3.63) is 54.1 Å². The number of sulfonamides is 1. The van der Waals surface area contributed by atoms with E-state index < -0.39 is 10.0 Å². The van der Waals surface area contributed by atoms with E-state index in [9.17, 15) is 13.5 Å². The molecule has 0 saturated carbocycles. The molecule has 0 aliphatic carbocycles. The van der Waals surface area contributed by atoms with Crippen molar-refractivity contribution in [3.63, 3.8) is 0 Å². The van der Waals surface area contributed by atoms with Crippen LogP contribution in [0.5, 0.6) is 11.5 Å². The Morgan fingerprint density at radius 2 is 1.85 bits per heavy atom. The SMILES string of the molecule is COc1cc(/C=N/S(=O)(=O)c2ccccc2)ccc1O. The van der Waals surface area contributed by atoms with Crippen LogP contribution in [0.1, 0.15) is 5.56 Å². The van der Waals surface area contributed by atoms with Gasteiger partial charge in [0.15, 0.2) is 11.5 Å². The zero-order valence-electron chi connectivity index (χ0n) is 10.7. The lowest BCUT2D eigenvalue weighted by Gasteiger charge is -2.03. The summed E-state index contributed by atoms with van der Waals surface area (Å²) in [6.07, 6.45) is 1.21. The minimum atomic E-state index is -3.72. The van der Waals surface area contributed by atoms with Crippen LogP contribution in [0.2, 0.25) is 0 Å². The van der Waals surface area contributed by atoms with Gasteiger partial charge in [0.2, 0.25) is 0 Å². The molecule has 0 aliphatic heterocycles. The van der Waals surface area contributed by atoms with Gasteiger partial charge in [-0.3, -0.25) is 0 Å². The molecule has 0 amide bonds. The lowest BCUT2D eigenvalue weighted by atomic mass is 10.2. The molecule has 20 heavy (non-hydrogen) atoms. The van der Waals surface area contributed by atoms with E-state index in [1.165, 1.54) is 37.6 Å². The molecule has 2 aromatic rings. The fourth-order valence-corrected chi connectivity index (χ4v) is 2.44. The van der Waals surface area contributed by atoms with E-state index in [1.54, 1.807) is 24.3 Å². The molecular weight excluding hydrogens is 278 g/mol. The van der Waals surface area contributed by atoms with Gasteiger partial charge in [-0.25, -0.2) is 0 Å². The van der Waals surface area contributed by atoms with Crippen LogP contribution in [-0.2, 0) is 10.0 Å². The number of phenolic OH excluding ortho intramolecular Hbond substituents is 1. The predicted octanol–water partition coefficient (Wildman–Crippen LogP) is 2.21. The molecule has 1 N–H and O–H groups in total. The standard InChI is InChI=1S/C14H13NO4S/c1-19-14-9-11(7-8-13(14)16)10-15-20(17,18)12-5-3-2-4-6-12/h2-10,16H,1H3/b15-10+. The van der Waals surface area contributed by atoms with Crippen molar-refractivity contribution < 1.29 is 18.3 Å². The number of nitrogens with zero attached hydrogens (tertiary/aromatic N) is 1. The maximum absolute atomic E-state index is 11.9. The highest BCUT2D eigenvalue weighted by Gasteiger charge is 2.10. The minimum Gasteiger partial charge on any atom is -0.504 e. The molecule has 2 aromatic carbocycles. The molecule has 0 spiro atoms. The molecular formula is C14H13NO4S. The number of benzene rings is 2. The number of hydrogen-bond donors (Lipinski definition) is 1. The molecule has 0 unspecified atom stereocenters. The lowest BCUT2D eigenvalue weighted by molar-refractivity contribution is 0.373. The Labute approximate surface area is 117 Å². The van der Waals surface area contributed by atoms with Gasteiger partial charge in [0.05, 0.1) is 12.0 Å². The fourth-order valence-electron chi connectivity index (χ4n) is 1.56. The molecule has 0 atom stereocenters. The van der Waals surface area contributed by atoms with E-state index in [0.29, 0.717) is 5.56 Å². The first-order valence-electron chi connectivity index (χ1n) is 5.75. The summed E-state index contributed by atoms with van der Waals surface area (Å²) in [5.74, 6) is 0.238. The van der Waals surface area contributed by atoms with E-state index >= 15 is 0 Å². The second-order valence-electron chi connectivity index (χ2n) is 3.95. The Hall–Kier alpha value is -2.34.